The van der Waals surface area contributed by atoms with Gasteiger partial charge in [0.2, 0.25) is 5.95 Å². The van der Waals surface area contributed by atoms with Gasteiger partial charge in [-0.05, 0) is 49.6 Å². The van der Waals surface area contributed by atoms with E-state index in [1.165, 1.54) is 24.0 Å². The zero-order valence-electron chi connectivity index (χ0n) is 20.4. The molecule has 0 bridgehead atoms. The molecule has 2 aromatic heterocycles. The topological polar surface area (TPSA) is 62.7 Å². The molecule has 0 saturated carbocycles. The molecule has 0 spiro atoms. The Bertz CT molecular complexity index is 1170. The third-order valence-electron chi connectivity index (χ3n) is 5.87. The molecule has 5 nitrogen and oxygen atoms in total. The van der Waals surface area contributed by atoms with Crippen molar-refractivity contribution in [2.24, 2.45) is 0 Å². The van der Waals surface area contributed by atoms with Crippen molar-refractivity contribution in [1.82, 2.24) is 20.3 Å². The van der Waals surface area contributed by atoms with Crippen LogP contribution in [-0.2, 0) is 6.42 Å². The maximum atomic E-state index is 4.95. The van der Waals surface area contributed by atoms with Gasteiger partial charge in [-0.1, -0.05) is 73.5 Å². The number of halogens is 1. The van der Waals surface area contributed by atoms with E-state index in [0.717, 1.165) is 41.9 Å². The average molecular weight is 488 g/mol. The summed E-state index contributed by atoms with van der Waals surface area (Å²) in [5, 5.41) is 7.19. The summed E-state index contributed by atoms with van der Waals surface area (Å²) >= 11 is 0. The largest absolute Gasteiger partial charge is 0.353 e. The van der Waals surface area contributed by atoms with Crippen molar-refractivity contribution >= 4 is 18.4 Å². The van der Waals surface area contributed by atoms with Crippen LogP contribution in [0.2, 0.25) is 0 Å². The van der Waals surface area contributed by atoms with Gasteiger partial charge in [0.15, 0.2) is 0 Å². The van der Waals surface area contributed by atoms with Gasteiger partial charge in [-0.15, -0.1) is 12.4 Å². The van der Waals surface area contributed by atoms with Crippen LogP contribution in [0.15, 0.2) is 85.3 Å². The molecule has 4 aromatic rings. The van der Waals surface area contributed by atoms with Gasteiger partial charge in [0.1, 0.15) is 0 Å². The minimum atomic E-state index is 0. The highest BCUT2D eigenvalue weighted by Gasteiger charge is 2.14. The van der Waals surface area contributed by atoms with Crippen molar-refractivity contribution in [1.29, 1.82) is 0 Å². The SMILES string of the molecule is CCCCN[C@H](CNc1ncc(-c2cccc(C)c2)c(-c2ccncc2)n1)Cc1ccccc1.Cl. The maximum absolute atomic E-state index is 4.95. The number of aromatic nitrogens is 3. The highest BCUT2D eigenvalue weighted by Crippen LogP contribution is 2.31. The predicted octanol–water partition coefficient (Wildman–Crippen LogP) is 6.35. The molecule has 4 rings (SSSR count). The summed E-state index contributed by atoms with van der Waals surface area (Å²) in [7, 11) is 0. The minimum absolute atomic E-state index is 0. The molecule has 2 heterocycles. The second-order valence-corrected chi connectivity index (χ2v) is 8.64. The number of nitrogens with zero attached hydrogens (tertiary/aromatic N) is 3. The summed E-state index contributed by atoms with van der Waals surface area (Å²) in [5.41, 5.74) is 6.60. The van der Waals surface area contributed by atoms with E-state index in [4.69, 9.17) is 4.98 Å². The van der Waals surface area contributed by atoms with E-state index in [1.807, 2.05) is 18.3 Å². The molecular formula is C29H34ClN5. The van der Waals surface area contributed by atoms with Gasteiger partial charge in [0, 0.05) is 42.3 Å². The minimum Gasteiger partial charge on any atom is -0.353 e. The van der Waals surface area contributed by atoms with Crippen LogP contribution >= 0.6 is 12.4 Å². The Morgan fingerprint density at radius 1 is 0.914 bits per heavy atom. The molecule has 0 aliphatic heterocycles. The summed E-state index contributed by atoms with van der Waals surface area (Å²) in [5.74, 6) is 0.638. The number of hydrogen-bond acceptors (Lipinski definition) is 5. The molecule has 0 saturated heterocycles. The van der Waals surface area contributed by atoms with E-state index in [9.17, 15) is 0 Å². The van der Waals surface area contributed by atoms with Crippen molar-refractivity contribution in [3.63, 3.8) is 0 Å². The first-order valence-corrected chi connectivity index (χ1v) is 12.1. The van der Waals surface area contributed by atoms with Gasteiger partial charge in [-0.3, -0.25) is 4.98 Å². The Labute approximate surface area is 214 Å². The normalized spacial score (nSPS) is 11.5. The molecule has 0 fully saturated rings. The molecule has 6 heteroatoms. The second kappa shape index (κ2) is 13.6. The number of rotatable bonds is 11. The lowest BCUT2D eigenvalue weighted by Crippen LogP contribution is -2.38. The lowest BCUT2D eigenvalue weighted by molar-refractivity contribution is 0.514. The van der Waals surface area contributed by atoms with Crippen LogP contribution in [0.1, 0.15) is 30.9 Å². The first-order valence-electron chi connectivity index (χ1n) is 12.1. The van der Waals surface area contributed by atoms with E-state index in [1.54, 1.807) is 12.4 Å². The van der Waals surface area contributed by atoms with Crippen molar-refractivity contribution in [3.05, 3.63) is 96.4 Å². The van der Waals surface area contributed by atoms with E-state index in [0.29, 0.717) is 12.0 Å². The fraction of sp³-hybridized carbons (Fsp3) is 0.276. The molecule has 35 heavy (non-hydrogen) atoms. The molecule has 2 aromatic carbocycles. The van der Waals surface area contributed by atoms with Crippen LogP contribution < -0.4 is 10.6 Å². The van der Waals surface area contributed by atoms with Gasteiger partial charge in [0.05, 0.1) is 5.69 Å². The quantitative estimate of drug-likeness (QED) is 0.241. The van der Waals surface area contributed by atoms with Crippen molar-refractivity contribution in [2.75, 3.05) is 18.4 Å². The fourth-order valence-electron chi connectivity index (χ4n) is 4.03. The van der Waals surface area contributed by atoms with E-state index < -0.39 is 0 Å². The van der Waals surface area contributed by atoms with E-state index in [2.05, 4.69) is 89.0 Å². The number of benzene rings is 2. The third-order valence-corrected chi connectivity index (χ3v) is 5.87. The zero-order valence-corrected chi connectivity index (χ0v) is 21.3. The lowest BCUT2D eigenvalue weighted by atomic mass is 10.00. The summed E-state index contributed by atoms with van der Waals surface area (Å²) in [6, 6.07) is 23.4. The predicted molar refractivity (Wildman–Crippen MR) is 148 cm³/mol. The number of aryl methyl sites for hydroxylation is 1. The van der Waals surface area contributed by atoms with Gasteiger partial charge in [0.25, 0.3) is 0 Å². The van der Waals surface area contributed by atoms with Crippen molar-refractivity contribution in [3.8, 4) is 22.4 Å². The molecule has 1 atom stereocenters. The van der Waals surface area contributed by atoms with Gasteiger partial charge in [-0.2, -0.15) is 0 Å². The van der Waals surface area contributed by atoms with Crippen LogP contribution in [0, 0.1) is 6.92 Å². The highest BCUT2D eigenvalue weighted by atomic mass is 35.5. The smallest absolute Gasteiger partial charge is 0.223 e. The Kier molecular flexibility index (Phi) is 10.2. The number of pyridine rings is 1. The van der Waals surface area contributed by atoms with Crippen molar-refractivity contribution in [2.45, 2.75) is 39.2 Å². The molecule has 2 N–H and O–H groups in total. The second-order valence-electron chi connectivity index (χ2n) is 8.64. The van der Waals surface area contributed by atoms with Gasteiger partial charge >= 0.3 is 0 Å². The van der Waals surface area contributed by atoms with E-state index in [-0.39, 0.29) is 12.4 Å². The molecular weight excluding hydrogens is 454 g/mol. The Balaban J connectivity index is 0.00000342. The molecule has 182 valence electrons. The standard InChI is InChI=1S/C29H33N5.ClH/c1-3-4-15-31-26(19-23-10-6-5-7-11-23)20-32-29-33-21-27(25-12-8-9-22(2)18-25)28(34-29)24-13-16-30-17-14-24;/h5-14,16-18,21,26,31H,3-4,15,19-20H2,1-2H3,(H,32,33,34);1H/t26-;/m0./s1. The molecule has 0 aliphatic carbocycles. The third kappa shape index (κ3) is 7.61. The Morgan fingerprint density at radius 2 is 1.71 bits per heavy atom. The van der Waals surface area contributed by atoms with Crippen LogP contribution in [0.25, 0.3) is 22.4 Å². The lowest BCUT2D eigenvalue weighted by Gasteiger charge is -2.20. The number of unbranched alkanes of at least 4 members (excludes halogenated alkanes) is 1. The van der Waals surface area contributed by atoms with Crippen LogP contribution in [0.3, 0.4) is 0 Å². The molecule has 0 aliphatic rings. The van der Waals surface area contributed by atoms with Gasteiger partial charge in [-0.25, -0.2) is 9.97 Å². The summed E-state index contributed by atoms with van der Waals surface area (Å²) < 4.78 is 0. The fourth-order valence-corrected chi connectivity index (χ4v) is 4.03. The van der Waals surface area contributed by atoms with Crippen molar-refractivity contribution < 1.29 is 0 Å². The number of anilines is 1. The summed E-state index contributed by atoms with van der Waals surface area (Å²) in [6.07, 6.45) is 8.83. The van der Waals surface area contributed by atoms with Gasteiger partial charge < -0.3 is 10.6 Å². The summed E-state index contributed by atoms with van der Waals surface area (Å²) in [4.78, 5) is 13.8. The zero-order chi connectivity index (χ0) is 23.6. The maximum Gasteiger partial charge on any atom is 0.223 e. The average Bonchev–Trinajstić information content (AvgIpc) is 2.88. The summed E-state index contributed by atoms with van der Waals surface area (Å²) in [6.45, 7) is 6.07. The first kappa shape index (κ1) is 26.3. The number of hydrogen-bond donors (Lipinski definition) is 2. The Morgan fingerprint density at radius 3 is 2.46 bits per heavy atom. The molecule has 0 unspecified atom stereocenters. The molecule has 0 amide bonds. The van der Waals surface area contributed by atoms with Crippen LogP contribution in [0.4, 0.5) is 5.95 Å². The monoisotopic (exact) mass is 487 g/mol. The van der Waals surface area contributed by atoms with Crippen LogP contribution in [0.5, 0.6) is 0 Å². The van der Waals surface area contributed by atoms with E-state index >= 15 is 0 Å². The van der Waals surface area contributed by atoms with Crippen LogP contribution in [-0.4, -0.2) is 34.1 Å². The first-order chi connectivity index (χ1) is 16.7. The Hall–Kier alpha value is -3.28. The number of nitrogens with one attached hydrogen (secondary N) is 2. The highest BCUT2D eigenvalue weighted by molar-refractivity contribution is 5.85. The molecule has 0 radical (unpaired) electrons.